The van der Waals surface area contributed by atoms with Gasteiger partial charge in [-0.2, -0.15) is 0 Å². The average molecular weight is 607 g/mol. The summed E-state index contributed by atoms with van der Waals surface area (Å²) in [7, 11) is -6.34. The summed E-state index contributed by atoms with van der Waals surface area (Å²) in [5.41, 5.74) is 3.91. The van der Waals surface area contributed by atoms with Crippen LogP contribution < -0.4 is 29.1 Å². The third-order valence-electron chi connectivity index (χ3n) is 6.70. The molecule has 0 saturated heterocycles. The lowest BCUT2D eigenvalue weighted by molar-refractivity contribution is 0.592. The number of hydrogen-bond donors (Lipinski definition) is 0. The van der Waals surface area contributed by atoms with Crippen LogP contribution in [-0.2, 0) is 9.13 Å². The first-order valence-corrected chi connectivity index (χ1v) is 19.0. The molecule has 0 bridgehead atoms. The summed E-state index contributed by atoms with van der Waals surface area (Å²) in [4.78, 5) is 0. The first-order valence-electron chi connectivity index (χ1n) is 12.0. The van der Waals surface area contributed by atoms with Crippen LogP contribution in [0.25, 0.3) is 11.1 Å². The van der Waals surface area contributed by atoms with Gasteiger partial charge in [-0.3, -0.25) is 0 Å². The summed E-state index contributed by atoms with van der Waals surface area (Å²) in [6, 6.07) is 28.0. The monoisotopic (exact) mass is 606 g/mol. The van der Waals surface area contributed by atoms with E-state index in [1.54, 1.807) is 0 Å². The smallest absolute Gasteiger partial charge is 0.190 e. The predicted octanol–water partition coefficient (Wildman–Crippen LogP) is 7.50. The molecule has 0 aliphatic rings. The van der Waals surface area contributed by atoms with Gasteiger partial charge in [0.1, 0.15) is 0 Å². The van der Waals surface area contributed by atoms with E-state index in [2.05, 4.69) is 26.0 Å². The molecule has 0 radical (unpaired) electrons. The zero-order valence-electron chi connectivity index (χ0n) is 20.7. The van der Waals surface area contributed by atoms with Gasteiger partial charge in [0.15, 0.2) is 14.3 Å². The van der Waals surface area contributed by atoms with Crippen LogP contribution in [0.4, 0.5) is 0 Å². The van der Waals surface area contributed by atoms with E-state index in [1.807, 2.05) is 94.3 Å². The van der Waals surface area contributed by atoms with Crippen molar-refractivity contribution >= 4 is 88.7 Å². The van der Waals surface area contributed by atoms with Crippen LogP contribution in [0.2, 0.25) is 0 Å². The van der Waals surface area contributed by atoms with Gasteiger partial charge in [0, 0.05) is 10.6 Å². The fourth-order valence-electron chi connectivity index (χ4n) is 4.97. The zero-order chi connectivity index (χ0) is 26.3. The standard InChI is InChI=1S/C30H24O2P2S4/c1-21-9-3-11-23(33(31,25-13-5-17-35-25)26-14-6-18-36-26)29(21)30-22(2)10-4-12-24(30)34(32,27-15-7-19-37-27)28-16-8-20-38-28/h3-20H,1-2H3. The Hall–Kier alpha value is -2.30. The highest BCUT2D eigenvalue weighted by molar-refractivity contribution is 7.93. The molecule has 0 atom stereocenters. The van der Waals surface area contributed by atoms with Gasteiger partial charge in [0.2, 0.25) is 0 Å². The van der Waals surface area contributed by atoms with E-state index >= 15 is 9.13 Å². The van der Waals surface area contributed by atoms with Crippen molar-refractivity contribution in [2.45, 2.75) is 13.8 Å². The van der Waals surface area contributed by atoms with Crippen molar-refractivity contribution in [3.05, 3.63) is 118 Å². The second kappa shape index (κ2) is 10.4. The Bertz CT molecular complexity index is 1570. The highest BCUT2D eigenvalue weighted by Crippen LogP contribution is 2.52. The van der Waals surface area contributed by atoms with Crippen LogP contribution >= 0.6 is 59.6 Å². The Balaban J connectivity index is 1.72. The average Bonchev–Trinajstić information content (AvgIpc) is 3.75. The fourth-order valence-corrected chi connectivity index (χ4v) is 17.0. The minimum absolute atomic E-state index is 0.807. The molecule has 0 amide bonds. The summed E-state index contributed by atoms with van der Waals surface area (Å²) in [6.07, 6.45) is 0. The molecule has 8 heteroatoms. The molecule has 0 saturated carbocycles. The largest absolute Gasteiger partial charge is 0.307 e. The molecule has 0 spiro atoms. The van der Waals surface area contributed by atoms with Gasteiger partial charge in [-0.05, 0) is 81.9 Å². The van der Waals surface area contributed by atoms with Crippen LogP contribution in [0.15, 0.2) is 106 Å². The molecule has 38 heavy (non-hydrogen) atoms. The lowest BCUT2D eigenvalue weighted by atomic mass is 9.96. The molecule has 6 rings (SSSR count). The summed E-state index contributed by atoms with van der Waals surface area (Å²) in [5.74, 6) is 0. The van der Waals surface area contributed by atoms with E-state index in [9.17, 15) is 0 Å². The zero-order valence-corrected chi connectivity index (χ0v) is 25.8. The van der Waals surface area contributed by atoms with E-state index in [-0.39, 0.29) is 0 Å². The predicted molar refractivity (Wildman–Crippen MR) is 172 cm³/mol. The van der Waals surface area contributed by atoms with Gasteiger partial charge in [-0.15, -0.1) is 45.3 Å². The quantitative estimate of drug-likeness (QED) is 0.177. The second-order valence-corrected chi connectivity index (χ2v) is 19.3. The summed E-state index contributed by atoms with van der Waals surface area (Å²) in [6.45, 7) is 4.15. The van der Waals surface area contributed by atoms with Gasteiger partial charge in [-0.1, -0.05) is 60.7 Å². The van der Waals surface area contributed by atoms with Gasteiger partial charge in [0.25, 0.3) is 0 Å². The van der Waals surface area contributed by atoms with Crippen molar-refractivity contribution < 1.29 is 9.13 Å². The normalized spacial score (nSPS) is 12.2. The Morgan fingerprint density at radius 2 is 0.763 bits per heavy atom. The number of aryl methyl sites for hydroxylation is 2. The van der Waals surface area contributed by atoms with Gasteiger partial charge >= 0.3 is 0 Å². The maximum Gasteiger partial charge on any atom is 0.190 e. The molecule has 0 aliphatic heterocycles. The lowest BCUT2D eigenvalue weighted by Crippen LogP contribution is -2.28. The Kier molecular flexibility index (Phi) is 7.07. The summed E-state index contributed by atoms with van der Waals surface area (Å²) >= 11 is 6.14. The molecule has 2 nitrogen and oxygen atoms in total. The van der Waals surface area contributed by atoms with E-state index in [4.69, 9.17) is 0 Å². The second-order valence-electron chi connectivity index (χ2n) is 8.96. The van der Waals surface area contributed by atoms with Crippen LogP contribution in [0.5, 0.6) is 0 Å². The van der Waals surface area contributed by atoms with Gasteiger partial charge in [0.05, 0.1) is 18.5 Å². The van der Waals surface area contributed by atoms with Crippen molar-refractivity contribution in [1.29, 1.82) is 0 Å². The molecule has 0 unspecified atom stereocenters. The first kappa shape index (κ1) is 26.0. The molecular weight excluding hydrogens is 583 g/mol. The van der Waals surface area contributed by atoms with E-state index < -0.39 is 14.3 Å². The van der Waals surface area contributed by atoms with Gasteiger partial charge in [-0.25, -0.2) is 0 Å². The maximum atomic E-state index is 15.4. The number of benzene rings is 2. The van der Waals surface area contributed by atoms with Crippen molar-refractivity contribution in [1.82, 2.24) is 0 Å². The lowest BCUT2D eigenvalue weighted by Gasteiger charge is -2.26. The maximum absolute atomic E-state index is 15.4. The molecule has 190 valence electrons. The van der Waals surface area contributed by atoms with Crippen molar-refractivity contribution in [2.75, 3.05) is 0 Å². The molecule has 0 aliphatic carbocycles. The van der Waals surface area contributed by atoms with Gasteiger partial charge < -0.3 is 9.13 Å². The van der Waals surface area contributed by atoms with Crippen molar-refractivity contribution in [3.63, 3.8) is 0 Å². The minimum atomic E-state index is -3.17. The number of hydrogen-bond acceptors (Lipinski definition) is 6. The third-order valence-corrected chi connectivity index (χ3v) is 18.9. The molecule has 4 heterocycles. The SMILES string of the molecule is Cc1cccc(P(=O)(c2cccs2)c2cccs2)c1-c1c(C)cccc1P(=O)(c1cccs1)c1cccs1. The van der Waals surface area contributed by atoms with Crippen molar-refractivity contribution in [2.24, 2.45) is 0 Å². The molecule has 2 aromatic carbocycles. The first-order chi connectivity index (χ1) is 18.5. The third kappa shape index (κ3) is 4.10. The summed E-state index contributed by atoms with van der Waals surface area (Å²) in [5, 5.41) is 9.58. The molecule has 0 N–H and O–H groups in total. The van der Waals surface area contributed by atoms with E-state index in [0.717, 1.165) is 51.3 Å². The highest BCUT2D eigenvalue weighted by atomic mass is 32.1. The van der Waals surface area contributed by atoms with E-state index in [1.165, 1.54) is 45.3 Å². The highest BCUT2D eigenvalue weighted by Gasteiger charge is 2.39. The van der Waals surface area contributed by atoms with Crippen LogP contribution in [0, 0.1) is 13.8 Å². The summed E-state index contributed by atoms with van der Waals surface area (Å²) < 4.78 is 34.2. The van der Waals surface area contributed by atoms with Crippen LogP contribution in [0.3, 0.4) is 0 Å². The molecular formula is C30H24O2P2S4. The van der Waals surface area contributed by atoms with Crippen molar-refractivity contribution in [3.8, 4) is 11.1 Å². The number of thiophene rings is 4. The Labute approximate surface area is 239 Å². The van der Waals surface area contributed by atoms with E-state index in [0.29, 0.717) is 0 Å². The van der Waals surface area contributed by atoms with Crippen LogP contribution in [0.1, 0.15) is 11.1 Å². The number of rotatable bonds is 7. The topological polar surface area (TPSA) is 34.1 Å². The Morgan fingerprint density at radius 3 is 1.03 bits per heavy atom. The fraction of sp³-hybridized carbons (Fsp3) is 0.0667. The Morgan fingerprint density at radius 1 is 0.447 bits per heavy atom. The molecule has 4 aromatic heterocycles. The minimum Gasteiger partial charge on any atom is -0.307 e. The molecule has 0 fully saturated rings. The van der Waals surface area contributed by atoms with Crippen LogP contribution in [-0.4, -0.2) is 0 Å². The molecule has 6 aromatic rings.